The van der Waals surface area contributed by atoms with Gasteiger partial charge in [-0.25, -0.2) is 0 Å². The molecule has 1 aliphatic rings. The van der Waals surface area contributed by atoms with Crippen LogP contribution in [0.1, 0.15) is 40.8 Å². The lowest BCUT2D eigenvalue weighted by Gasteiger charge is -2.26. The van der Waals surface area contributed by atoms with Crippen molar-refractivity contribution in [1.82, 2.24) is 4.90 Å². The number of Topliss-reactive ketones (excluding diaryl/α,β-unsaturated/α-hetero) is 1. The molecule has 2 N–H and O–H groups in total. The Morgan fingerprint density at radius 3 is 2.45 bits per heavy atom. The number of carbonyl (C=O) groups is 2. The van der Waals surface area contributed by atoms with Crippen LogP contribution in [0.15, 0.2) is 60.2 Å². The summed E-state index contributed by atoms with van der Waals surface area (Å²) in [5, 5.41) is 21.9. The van der Waals surface area contributed by atoms with Gasteiger partial charge in [0, 0.05) is 6.54 Å². The van der Waals surface area contributed by atoms with Gasteiger partial charge in [-0.3, -0.25) is 9.59 Å². The Balaban J connectivity index is 1.95. The van der Waals surface area contributed by atoms with Crippen LogP contribution in [-0.2, 0) is 16.1 Å². The van der Waals surface area contributed by atoms with Gasteiger partial charge in [0.1, 0.15) is 17.3 Å². The van der Waals surface area contributed by atoms with Gasteiger partial charge in [-0.1, -0.05) is 24.3 Å². The highest BCUT2D eigenvalue weighted by molar-refractivity contribution is 6.46. The zero-order chi connectivity index (χ0) is 27.6. The molecule has 3 aromatic rings. The lowest BCUT2D eigenvalue weighted by Crippen LogP contribution is -2.29. The van der Waals surface area contributed by atoms with Crippen LogP contribution in [0.3, 0.4) is 0 Å². The number of likely N-dealkylation sites (tertiary alicyclic amines) is 1. The molecule has 3 aromatic carbocycles. The van der Waals surface area contributed by atoms with Crippen molar-refractivity contribution in [2.24, 2.45) is 0 Å². The van der Waals surface area contributed by atoms with Crippen molar-refractivity contribution in [3.8, 4) is 23.0 Å². The number of phenols is 1. The first-order valence-electron chi connectivity index (χ1n) is 12.2. The fraction of sp³-hybridized carbons (Fsp3) is 0.267. The number of phenolic OH excluding ortho intramolecular Hbond substituents is 1. The number of methoxy groups -OCH3 is 2. The molecule has 0 saturated carbocycles. The largest absolute Gasteiger partial charge is 0.507 e. The minimum Gasteiger partial charge on any atom is -0.507 e. The van der Waals surface area contributed by atoms with E-state index in [-0.39, 0.29) is 29.4 Å². The normalized spacial score (nSPS) is 16.6. The van der Waals surface area contributed by atoms with Gasteiger partial charge in [0.2, 0.25) is 0 Å². The van der Waals surface area contributed by atoms with E-state index in [1.165, 1.54) is 18.1 Å². The Kier molecular flexibility index (Phi) is 7.62. The highest BCUT2D eigenvalue weighted by Gasteiger charge is 2.46. The predicted octanol–water partition coefficient (Wildman–Crippen LogP) is 5.05. The van der Waals surface area contributed by atoms with E-state index in [0.717, 1.165) is 16.7 Å². The SMILES string of the molecule is CCOc1cc(C2/C(=C(\O)c3cc(C)cc(C)c3OC)C(=O)C(=O)N2Cc2cccc(OC)c2)ccc1O. The molecule has 38 heavy (non-hydrogen) atoms. The van der Waals surface area contributed by atoms with Gasteiger partial charge in [-0.2, -0.15) is 0 Å². The number of rotatable bonds is 8. The molecule has 1 saturated heterocycles. The molecule has 198 valence electrons. The fourth-order valence-corrected chi connectivity index (χ4v) is 4.88. The molecule has 1 aliphatic heterocycles. The molecule has 0 bridgehead atoms. The topological polar surface area (TPSA) is 106 Å². The van der Waals surface area contributed by atoms with Gasteiger partial charge in [-0.15, -0.1) is 0 Å². The van der Waals surface area contributed by atoms with Gasteiger partial charge in [0.15, 0.2) is 11.5 Å². The van der Waals surface area contributed by atoms with Crippen molar-refractivity contribution in [2.45, 2.75) is 33.4 Å². The number of hydrogen-bond acceptors (Lipinski definition) is 7. The zero-order valence-electron chi connectivity index (χ0n) is 22.1. The van der Waals surface area contributed by atoms with Crippen LogP contribution in [0, 0.1) is 13.8 Å². The molecule has 1 atom stereocenters. The van der Waals surface area contributed by atoms with E-state index in [4.69, 9.17) is 14.2 Å². The Morgan fingerprint density at radius 1 is 1.00 bits per heavy atom. The van der Waals surface area contributed by atoms with Crippen molar-refractivity contribution < 1.29 is 34.0 Å². The molecule has 1 heterocycles. The lowest BCUT2D eigenvalue weighted by atomic mass is 9.93. The standard InChI is InChI=1S/C30H31NO7/c1-6-38-24-15-20(10-11-23(24)32)26-25(27(33)22-13-17(2)12-18(3)29(22)37-5)28(34)30(35)31(26)16-19-8-7-9-21(14-19)36-4/h7-15,26,32-33H,6,16H2,1-5H3/b27-25+. The van der Waals surface area contributed by atoms with Gasteiger partial charge < -0.3 is 29.3 Å². The summed E-state index contributed by atoms with van der Waals surface area (Å²) in [6, 6.07) is 14.5. The summed E-state index contributed by atoms with van der Waals surface area (Å²) in [7, 11) is 3.04. The smallest absolute Gasteiger partial charge is 0.295 e. The lowest BCUT2D eigenvalue weighted by molar-refractivity contribution is -0.140. The van der Waals surface area contributed by atoms with E-state index in [9.17, 15) is 19.8 Å². The monoisotopic (exact) mass is 517 g/mol. The third-order valence-corrected chi connectivity index (χ3v) is 6.50. The van der Waals surface area contributed by atoms with Crippen molar-refractivity contribution in [3.63, 3.8) is 0 Å². The number of aryl methyl sites for hydroxylation is 2. The Hall–Kier alpha value is -4.46. The van der Waals surface area contributed by atoms with Crippen LogP contribution in [0.4, 0.5) is 0 Å². The summed E-state index contributed by atoms with van der Waals surface area (Å²) in [5.74, 6) is -0.754. The molecule has 1 fully saturated rings. The number of amides is 1. The van der Waals surface area contributed by atoms with Crippen molar-refractivity contribution in [3.05, 3.63) is 88.0 Å². The molecule has 4 rings (SSSR count). The first kappa shape index (κ1) is 26.6. The minimum atomic E-state index is -0.952. The van der Waals surface area contributed by atoms with Gasteiger partial charge >= 0.3 is 0 Å². The second-order valence-corrected chi connectivity index (χ2v) is 9.10. The summed E-state index contributed by atoms with van der Waals surface area (Å²) in [6.45, 7) is 5.89. The van der Waals surface area contributed by atoms with E-state index in [1.807, 2.05) is 26.0 Å². The van der Waals surface area contributed by atoms with Crippen LogP contribution in [0.5, 0.6) is 23.0 Å². The first-order chi connectivity index (χ1) is 18.2. The van der Waals surface area contributed by atoms with Crippen molar-refractivity contribution in [2.75, 3.05) is 20.8 Å². The molecule has 8 heteroatoms. The number of ether oxygens (including phenoxy) is 3. The van der Waals surface area contributed by atoms with Crippen LogP contribution in [0.2, 0.25) is 0 Å². The van der Waals surface area contributed by atoms with Crippen molar-refractivity contribution in [1.29, 1.82) is 0 Å². The summed E-state index contributed by atoms with van der Waals surface area (Å²) < 4.78 is 16.4. The Labute approximate surface area is 221 Å². The van der Waals surface area contributed by atoms with E-state index in [1.54, 1.807) is 50.4 Å². The van der Waals surface area contributed by atoms with E-state index in [0.29, 0.717) is 29.2 Å². The van der Waals surface area contributed by atoms with E-state index in [2.05, 4.69) is 0 Å². The number of carbonyl (C=O) groups excluding carboxylic acids is 2. The number of aliphatic hydroxyl groups excluding tert-OH is 1. The minimum absolute atomic E-state index is 0.0728. The highest BCUT2D eigenvalue weighted by Crippen LogP contribution is 2.44. The number of aromatic hydroxyl groups is 1. The van der Waals surface area contributed by atoms with E-state index < -0.39 is 17.7 Å². The molecule has 1 unspecified atom stereocenters. The molecule has 1 amide bonds. The van der Waals surface area contributed by atoms with Gasteiger partial charge in [0.05, 0.1) is 38.0 Å². The quantitative estimate of drug-likeness (QED) is 0.245. The highest BCUT2D eigenvalue weighted by atomic mass is 16.5. The van der Waals surface area contributed by atoms with E-state index >= 15 is 0 Å². The third-order valence-electron chi connectivity index (χ3n) is 6.50. The Bertz CT molecular complexity index is 1430. The maximum atomic E-state index is 13.5. The molecular formula is C30H31NO7. The Morgan fingerprint density at radius 2 is 1.76 bits per heavy atom. The maximum absolute atomic E-state index is 13.5. The summed E-state index contributed by atoms with van der Waals surface area (Å²) in [4.78, 5) is 28.4. The first-order valence-corrected chi connectivity index (χ1v) is 12.2. The number of benzene rings is 3. The van der Waals surface area contributed by atoms with Gasteiger partial charge in [-0.05, 0) is 73.4 Å². The second-order valence-electron chi connectivity index (χ2n) is 9.10. The third kappa shape index (κ3) is 4.89. The zero-order valence-corrected chi connectivity index (χ0v) is 22.1. The molecule has 0 spiro atoms. The number of aliphatic hydroxyl groups is 1. The number of hydrogen-bond donors (Lipinski definition) is 2. The van der Waals surface area contributed by atoms with Crippen LogP contribution >= 0.6 is 0 Å². The number of nitrogens with zero attached hydrogens (tertiary/aromatic N) is 1. The fourth-order valence-electron chi connectivity index (χ4n) is 4.88. The molecule has 8 nitrogen and oxygen atoms in total. The second kappa shape index (κ2) is 10.9. The predicted molar refractivity (Wildman–Crippen MR) is 143 cm³/mol. The average molecular weight is 518 g/mol. The van der Waals surface area contributed by atoms with Crippen molar-refractivity contribution >= 4 is 17.4 Å². The molecule has 0 radical (unpaired) electrons. The van der Waals surface area contributed by atoms with Crippen LogP contribution in [0.25, 0.3) is 5.76 Å². The molecule has 0 aliphatic carbocycles. The van der Waals surface area contributed by atoms with Crippen LogP contribution < -0.4 is 14.2 Å². The molecular weight excluding hydrogens is 486 g/mol. The summed E-state index contributed by atoms with van der Waals surface area (Å²) >= 11 is 0. The number of ketones is 1. The van der Waals surface area contributed by atoms with Gasteiger partial charge in [0.25, 0.3) is 11.7 Å². The van der Waals surface area contributed by atoms with Crippen LogP contribution in [-0.4, -0.2) is 47.6 Å². The average Bonchev–Trinajstić information content (AvgIpc) is 3.14. The maximum Gasteiger partial charge on any atom is 0.295 e. The summed E-state index contributed by atoms with van der Waals surface area (Å²) in [6.07, 6.45) is 0. The summed E-state index contributed by atoms with van der Waals surface area (Å²) in [5.41, 5.74) is 3.12. The molecule has 0 aromatic heterocycles.